The first-order valence-electron chi connectivity index (χ1n) is 5.78. The fourth-order valence-electron chi connectivity index (χ4n) is 1.90. The molecule has 0 aliphatic heterocycles. The Kier molecular flexibility index (Phi) is 4.64. The molecule has 2 rings (SSSR count). The molecule has 1 heterocycles. The van der Waals surface area contributed by atoms with Crippen LogP contribution in [0.5, 0.6) is 5.75 Å². The zero-order valence-electron chi connectivity index (χ0n) is 10.7. The zero-order chi connectivity index (χ0) is 13.8. The van der Waals surface area contributed by atoms with Crippen LogP contribution in [0.25, 0.3) is 0 Å². The van der Waals surface area contributed by atoms with Crippen LogP contribution in [0.2, 0.25) is 10.0 Å². The van der Waals surface area contributed by atoms with Crippen molar-refractivity contribution >= 4 is 23.2 Å². The third kappa shape index (κ3) is 3.18. The number of halogens is 2. The van der Waals surface area contributed by atoms with Crippen molar-refractivity contribution in [2.45, 2.75) is 6.04 Å². The standard InChI is InChI=1S/C14H14Cl2N2O/c1-17-13(9-3-5-11(19-2)6-4-9)14-12(16)7-10(15)8-18-14/h3-8,13,17H,1-2H3. The van der Waals surface area contributed by atoms with Crippen molar-refractivity contribution in [1.82, 2.24) is 10.3 Å². The van der Waals surface area contributed by atoms with E-state index in [-0.39, 0.29) is 6.04 Å². The van der Waals surface area contributed by atoms with Crippen molar-refractivity contribution < 1.29 is 4.74 Å². The van der Waals surface area contributed by atoms with Gasteiger partial charge >= 0.3 is 0 Å². The Bertz CT molecular complexity index is 558. The lowest BCUT2D eigenvalue weighted by Crippen LogP contribution is -2.19. The number of ether oxygens (including phenoxy) is 1. The van der Waals surface area contributed by atoms with Crippen molar-refractivity contribution in [1.29, 1.82) is 0 Å². The molecule has 0 fully saturated rings. The van der Waals surface area contributed by atoms with E-state index in [1.807, 2.05) is 31.3 Å². The van der Waals surface area contributed by atoms with E-state index in [9.17, 15) is 0 Å². The van der Waals surface area contributed by atoms with Crippen LogP contribution < -0.4 is 10.1 Å². The molecule has 0 saturated heterocycles. The Morgan fingerprint density at radius 1 is 1.21 bits per heavy atom. The molecular formula is C14H14Cl2N2O. The second-order valence-corrected chi connectivity index (χ2v) is 4.86. The van der Waals surface area contributed by atoms with Gasteiger partial charge in [-0.15, -0.1) is 0 Å². The van der Waals surface area contributed by atoms with Crippen molar-refractivity contribution in [2.75, 3.05) is 14.2 Å². The Morgan fingerprint density at radius 3 is 2.42 bits per heavy atom. The highest BCUT2D eigenvalue weighted by molar-refractivity contribution is 6.34. The number of pyridine rings is 1. The van der Waals surface area contributed by atoms with Gasteiger partial charge in [-0.1, -0.05) is 35.3 Å². The Labute approximate surface area is 122 Å². The number of hydrogen-bond donors (Lipinski definition) is 1. The van der Waals surface area contributed by atoms with Gasteiger partial charge < -0.3 is 10.1 Å². The lowest BCUT2D eigenvalue weighted by atomic mass is 10.0. The van der Waals surface area contributed by atoms with Crippen LogP contribution in [0.15, 0.2) is 36.5 Å². The molecule has 0 radical (unpaired) electrons. The van der Waals surface area contributed by atoms with E-state index in [4.69, 9.17) is 27.9 Å². The van der Waals surface area contributed by atoms with Gasteiger partial charge in [-0.3, -0.25) is 4.98 Å². The molecule has 2 aromatic rings. The van der Waals surface area contributed by atoms with E-state index in [0.717, 1.165) is 17.0 Å². The van der Waals surface area contributed by atoms with E-state index in [1.54, 1.807) is 19.4 Å². The maximum Gasteiger partial charge on any atom is 0.118 e. The number of nitrogens with one attached hydrogen (secondary N) is 1. The summed E-state index contributed by atoms with van der Waals surface area (Å²) in [4.78, 5) is 4.31. The topological polar surface area (TPSA) is 34.1 Å². The Hall–Kier alpha value is -1.29. The highest BCUT2D eigenvalue weighted by atomic mass is 35.5. The molecular weight excluding hydrogens is 283 g/mol. The van der Waals surface area contributed by atoms with Crippen LogP contribution in [-0.4, -0.2) is 19.1 Å². The molecule has 1 N–H and O–H groups in total. The smallest absolute Gasteiger partial charge is 0.118 e. The van der Waals surface area contributed by atoms with Gasteiger partial charge in [0.15, 0.2) is 0 Å². The summed E-state index contributed by atoms with van der Waals surface area (Å²) in [6, 6.07) is 9.38. The molecule has 1 unspecified atom stereocenters. The Balaban J connectivity index is 2.37. The van der Waals surface area contributed by atoms with Gasteiger partial charge in [0, 0.05) is 6.20 Å². The predicted octanol–water partition coefficient (Wildman–Crippen LogP) is 3.71. The van der Waals surface area contributed by atoms with Gasteiger partial charge in [0.25, 0.3) is 0 Å². The molecule has 0 bridgehead atoms. The van der Waals surface area contributed by atoms with Crippen LogP contribution in [0, 0.1) is 0 Å². The van der Waals surface area contributed by atoms with E-state index in [1.165, 1.54) is 0 Å². The second-order valence-electron chi connectivity index (χ2n) is 4.02. The average molecular weight is 297 g/mol. The van der Waals surface area contributed by atoms with Crippen molar-refractivity contribution in [3.05, 3.63) is 57.8 Å². The summed E-state index contributed by atoms with van der Waals surface area (Å²) < 4.78 is 5.15. The number of methoxy groups -OCH3 is 1. The summed E-state index contributed by atoms with van der Waals surface area (Å²) in [5.41, 5.74) is 1.80. The van der Waals surface area contributed by atoms with Gasteiger partial charge in [0.2, 0.25) is 0 Å². The maximum atomic E-state index is 6.20. The largest absolute Gasteiger partial charge is 0.497 e. The Morgan fingerprint density at radius 2 is 1.89 bits per heavy atom. The van der Waals surface area contributed by atoms with Crippen molar-refractivity contribution in [3.63, 3.8) is 0 Å². The normalized spacial score (nSPS) is 12.2. The molecule has 1 atom stereocenters. The first-order valence-corrected chi connectivity index (χ1v) is 6.53. The molecule has 0 aliphatic rings. The fraction of sp³-hybridized carbons (Fsp3) is 0.214. The second kappa shape index (κ2) is 6.24. The highest BCUT2D eigenvalue weighted by Gasteiger charge is 2.17. The minimum absolute atomic E-state index is 0.0873. The highest BCUT2D eigenvalue weighted by Crippen LogP contribution is 2.29. The predicted molar refractivity (Wildman–Crippen MR) is 78.2 cm³/mol. The molecule has 0 saturated carbocycles. The van der Waals surface area contributed by atoms with Gasteiger partial charge in [0.05, 0.1) is 28.9 Å². The fourth-order valence-corrected chi connectivity index (χ4v) is 2.38. The van der Waals surface area contributed by atoms with Gasteiger partial charge in [-0.2, -0.15) is 0 Å². The summed E-state index contributed by atoms with van der Waals surface area (Å²) in [6.45, 7) is 0. The van der Waals surface area contributed by atoms with Gasteiger partial charge in [-0.25, -0.2) is 0 Å². The number of nitrogens with zero attached hydrogens (tertiary/aromatic N) is 1. The van der Waals surface area contributed by atoms with Crippen LogP contribution in [0.1, 0.15) is 17.3 Å². The summed E-state index contributed by atoms with van der Waals surface area (Å²) in [5.74, 6) is 0.814. The third-order valence-electron chi connectivity index (χ3n) is 2.85. The van der Waals surface area contributed by atoms with E-state index >= 15 is 0 Å². The van der Waals surface area contributed by atoms with Crippen LogP contribution in [-0.2, 0) is 0 Å². The van der Waals surface area contributed by atoms with Crippen LogP contribution in [0.4, 0.5) is 0 Å². The third-order valence-corrected chi connectivity index (χ3v) is 3.36. The van der Waals surface area contributed by atoms with E-state index < -0.39 is 0 Å². The first kappa shape index (κ1) is 14.1. The summed E-state index contributed by atoms with van der Waals surface area (Å²) in [6.07, 6.45) is 1.59. The number of aromatic nitrogens is 1. The zero-order valence-corrected chi connectivity index (χ0v) is 12.2. The van der Waals surface area contributed by atoms with Crippen molar-refractivity contribution in [3.8, 4) is 5.75 Å². The van der Waals surface area contributed by atoms with Crippen molar-refractivity contribution in [2.24, 2.45) is 0 Å². The minimum atomic E-state index is -0.0873. The van der Waals surface area contributed by atoms with Crippen LogP contribution >= 0.6 is 23.2 Å². The van der Waals surface area contributed by atoms with E-state index in [0.29, 0.717) is 10.0 Å². The molecule has 1 aromatic heterocycles. The average Bonchev–Trinajstić information content (AvgIpc) is 2.42. The molecule has 1 aromatic carbocycles. The van der Waals surface area contributed by atoms with Gasteiger partial charge in [-0.05, 0) is 30.8 Å². The van der Waals surface area contributed by atoms with Gasteiger partial charge in [0.1, 0.15) is 5.75 Å². The van der Waals surface area contributed by atoms with E-state index in [2.05, 4.69) is 10.3 Å². The summed E-state index contributed by atoms with van der Waals surface area (Å²) in [5, 5.41) is 4.27. The van der Waals surface area contributed by atoms with Crippen LogP contribution in [0.3, 0.4) is 0 Å². The molecule has 0 spiro atoms. The SMILES string of the molecule is CNC(c1ccc(OC)cc1)c1ncc(Cl)cc1Cl. The molecule has 5 heteroatoms. The number of benzene rings is 1. The lowest BCUT2D eigenvalue weighted by Gasteiger charge is -2.17. The molecule has 0 aliphatic carbocycles. The quantitative estimate of drug-likeness (QED) is 0.934. The number of rotatable bonds is 4. The first-order chi connectivity index (χ1) is 9.15. The molecule has 3 nitrogen and oxygen atoms in total. The summed E-state index contributed by atoms with van der Waals surface area (Å²) in [7, 11) is 3.50. The lowest BCUT2D eigenvalue weighted by molar-refractivity contribution is 0.414. The monoisotopic (exact) mass is 296 g/mol. The molecule has 0 amide bonds. The molecule has 100 valence electrons. The number of hydrogen-bond acceptors (Lipinski definition) is 3. The molecule has 19 heavy (non-hydrogen) atoms. The minimum Gasteiger partial charge on any atom is -0.497 e. The maximum absolute atomic E-state index is 6.20. The summed E-state index contributed by atoms with van der Waals surface area (Å²) >= 11 is 12.1.